The van der Waals surface area contributed by atoms with Crippen molar-refractivity contribution < 1.29 is 28.6 Å². The van der Waals surface area contributed by atoms with Gasteiger partial charge in [-0.2, -0.15) is 0 Å². The molecule has 17 heavy (non-hydrogen) atoms. The van der Waals surface area contributed by atoms with Crippen molar-refractivity contribution in [2.24, 2.45) is 5.41 Å². The maximum absolute atomic E-state index is 11.9. The number of carboxylic acid groups (broad SMARTS) is 1. The molecule has 0 aliphatic heterocycles. The van der Waals surface area contributed by atoms with Crippen LogP contribution in [0.1, 0.15) is 26.7 Å². The molecule has 0 rings (SSSR count). The van der Waals surface area contributed by atoms with Crippen LogP contribution in [-0.4, -0.2) is 41.2 Å². The number of carbonyl (C=O) groups excluding carboxylic acids is 1. The molecule has 0 saturated carbocycles. The third kappa shape index (κ3) is 7.62. The molecule has 0 aromatic carbocycles. The predicted octanol–water partition coefficient (Wildman–Crippen LogP) is 0.620. The van der Waals surface area contributed by atoms with Crippen molar-refractivity contribution >= 4 is 11.9 Å². The highest BCUT2D eigenvalue weighted by molar-refractivity contribution is 5.77. The lowest BCUT2D eigenvalue weighted by atomic mass is 9.85. The number of alkyl halides is 2. The summed E-state index contributed by atoms with van der Waals surface area (Å²) in [5, 5.41) is 19.5. The molecule has 0 aromatic rings. The molecule has 3 N–H and O–H groups in total. The summed E-state index contributed by atoms with van der Waals surface area (Å²) in [6, 6.07) is 0. The summed E-state index contributed by atoms with van der Waals surface area (Å²) in [5.74, 6) is -1.59. The standard InChI is InChI=1S/C10H17F2NO4/c1-10(2,4-8(16)17)3-7(15)13-5-6(14)9(11)12/h6,9,14H,3-5H2,1-2H3,(H,13,15)(H,16,17). The largest absolute Gasteiger partial charge is 0.481 e. The van der Waals surface area contributed by atoms with Crippen LogP contribution >= 0.6 is 0 Å². The lowest BCUT2D eigenvalue weighted by Gasteiger charge is -2.21. The van der Waals surface area contributed by atoms with Crippen LogP contribution in [0.25, 0.3) is 0 Å². The molecule has 1 unspecified atom stereocenters. The number of carbonyl (C=O) groups is 2. The fraction of sp³-hybridized carbons (Fsp3) is 0.800. The molecule has 0 fully saturated rings. The molecule has 0 radical (unpaired) electrons. The highest BCUT2D eigenvalue weighted by Crippen LogP contribution is 2.24. The topological polar surface area (TPSA) is 86.6 Å². The Morgan fingerprint density at radius 2 is 1.82 bits per heavy atom. The van der Waals surface area contributed by atoms with Gasteiger partial charge in [-0.15, -0.1) is 0 Å². The van der Waals surface area contributed by atoms with Crippen LogP contribution in [0.5, 0.6) is 0 Å². The van der Waals surface area contributed by atoms with Crippen LogP contribution < -0.4 is 5.32 Å². The minimum Gasteiger partial charge on any atom is -0.481 e. The first-order valence-electron chi connectivity index (χ1n) is 5.09. The maximum atomic E-state index is 11.9. The van der Waals surface area contributed by atoms with E-state index in [1.54, 1.807) is 13.8 Å². The van der Waals surface area contributed by atoms with E-state index in [1.807, 2.05) is 0 Å². The Hall–Kier alpha value is -1.24. The zero-order chi connectivity index (χ0) is 13.6. The first-order chi connectivity index (χ1) is 7.64. The zero-order valence-electron chi connectivity index (χ0n) is 9.74. The molecule has 0 aromatic heterocycles. The van der Waals surface area contributed by atoms with E-state index in [2.05, 4.69) is 5.32 Å². The van der Waals surface area contributed by atoms with Crippen molar-refractivity contribution in [3.05, 3.63) is 0 Å². The summed E-state index contributed by atoms with van der Waals surface area (Å²) in [6.45, 7) is 2.63. The van der Waals surface area contributed by atoms with Gasteiger partial charge in [-0.05, 0) is 5.41 Å². The SMILES string of the molecule is CC(C)(CC(=O)O)CC(=O)NCC(O)C(F)F. The second-order valence-electron chi connectivity index (χ2n) is 4.62. The van der Waals surface area contributed by atoms with Crippen LogP contribution in [0.15, 0.2) is 0 Å². The molecular weight excluding hydrogens is 236 g/mol. The first kappa shape index (κ1) is 15.8. The van der Waals surface area contributed by atoms with Crippen molar-refractivity contribution in [1.29, 1.82) is 0 Å². The average Bonchev–Trinajstić information content (AvgIpc) is 2.10. The molecule has 1 atom stereocenters. The summed E-state index contributed by atoms with van der Waals surface area (Å²) in [7, 11) is 0. The average molecular weight is 253 g/mol. The predicted molar refractivity (Wildman–Crippen MR) is 55.7 cm³/mol. The van der Waals surface area contributed by atoms with Gasteiger partial charge in [0.15, 0.2) is 0 Å². The third-order valence-corrected chi connectivity index (χ3v) is 2.07. The fourth-order valence-corrected chi connectivity index (χ4v) is 1.28. The maximum Gasteiger partial charge on any atom is 0.303 e. The van der Waals surface area contributed by atoms with E-state index < -0.39 is 36.4 Å². The van der Waals surface area contributed by atoms with Crippen LogP contribution in [0.4, 0.5) is 8.78 Å². The van der Waals surface area contributed by atoms with Gasteiger partial charge in [0.2, 0.25) is 5.91 Å². The molecule has 0 saturated heterocycles. The Labute approximate surface area is 97.8 Å². The summed E-state index contributed by atoms with van der Waals surface area (Å²) < 4.78 is 23.8. The van der Waals surface area contributed by atoms with E-state index >= 15 is 0 Å². The Balaban J connectivity index is 4.05. The summed E-state index contributed by atoms with van der Waals surface area (Å²) in [5.41, 5.74) is -0.758. The highest BCUT2D eigenvalue weighted by atomic mass is 19.3. The Kier molecular flexibility index (Phi) is 6.01. The first-order valence-corrected chi connectivity index (χ1v) is 5.09. The van der Waals surface area contributed by atoms with Gasteiger partial charge in [-0.1, -0.05) is 13.8 Å². The molecule has 7 heteroatoms. The van der Waals surface area contributed by atoms with Gasteiger partial charge in [0.05, 0.1) is 6.42 Å². The molecular formula is C10H17F2NO4. The highest BCUT2D eigenvalue weighted by Gasteiger charge is 2.26. The number of hydrogen-bond donors (Lipinski definition) is 3. The number of nitrogens with one attached hydrogen (secondary N) is 1. The Bertz CT molecular complexity index is 281. The molecule has 5 nitrogen and oxygen atoms in total. The molecule has 0 heterocycles. The second kappa shape index (κ2) is 6.48. The van der Waals surface area contributed by atoms with E-state index in [9.17, 15) is 18.4 Å². The van der Waals surface area contributed by atoms with Gasteiger partial charge < -0.3 is 15.5 Å². The zero-order valence-corrected chi connectivity index (χ0v) is 9.74. The van der Waals surface area contributed by atoms with Gasteiger partial charge in [0, 0.05) is 13.0 Å². The van der Waals surface area contributed by atoms with Gasteiger partial charge in [-0.25, -0.2) is 8.78 Å². The molecule has 100 valence electrons. The number of halogens is 2. The van der Waals surface area contributed by atoms with Gasteiger partial charge in [0.1, 0.15) is 6.10 Å². The summed E-state index contributed by atoms with van der Waals surface area (Å²) in [6.07, 6.45) is -5.11. The van der Waals surface area contributed by atoms with E-state index in [0.29, 0.717) is 0 Å². The minimum atomic E-state index is -2.91. The number of rotatable bonds is 7. The number of amides is 1. The van der Waals surface area contributed by atoms with Crippen molar-refractivity contribution in [3.63, 3.8) is 0 Å². The van der Waals surface area contributed by atoms with Crippen molar-refractivity contribution in [3.8, 4) is 0 Å². The number of carboxylic acids is 1. The van der Waals surface area contributed by atoms with Crippen LogP contribution in [0.3, 0.4) is 0 Å². The molecule has 1 amide bonds. The Morgan fingerprint density at radius 3 is 2.24 bits per heavy atom. The second-order valence-corrected chi connectivity index (χ2v) is 4.62. The van der Waals surface area contributed by atoms with E-state index in [4.69, 9.17) is 10.2 Å². The van der Waals surface area contributed by atoms with Crippen molar-refractivity contribution in [1.82, 2.24) is 5.32 Å². The number of aliphatic hydroxyl groups is 1. The lowest BCUT2D eigenvalue weighted by molar-refractivity contribution is -0.139. The van der Waals surface area contributed by atoms with Crippen molar-refractivity contribution in [2.75, 3.05) is 6.54 Å². The summed E-state index contributed by atoms with van der Waals surface area (Å²) >= 11 is 0. The lowest BCUT2D eigenvalue weighted by Crippen LogP contribution is -2.37. The van der Waals surface area contributed by atoms with Gasteiger partial charge >= 0.3 is 5.97 Å². The summed E-state index contributed by atoms with van der Waals surface area (Å²) in [4.78, 5) is 21.8. The monoisotopic (exact) mass is 253 g/mol. The van der Waals surface area contributed by atoms with E-state index in [0.717, 1.165) is 0 Å². The van der Waals surface area contributed by atoms with Crippen molar-refractivity contribution in [2.45, 2.75) is 39.2 Å². The van der Waals surface area contributed by atoms with E-state index in [1.165, 1.54) is 0 Å². The van der Waals surface area contributed by atoms with E-state index in [-0.39, 0.29) is 12.8 Å². The third-order valence-electron chi connectivity index (χ3n) is 2.07. The molecule has 0 aliphatic rings. The number of aliphatic carboxylic acids is 1. The van der Waals surface area contributed by atoms with Crippen LogP contribution in [0, 0.1) is 5.41 Å². The molecule has 0 aliphatic carbocycles. The molecule has 0 bridgehead atoms. The number of hydrogen-bond acceptors (Lipinski definition) is 3. The van der Waals surface area contributed by atoms with Gasteiger partial charge in [-0.3, -0.25) is 9.59 Å². The molecule has 0 spiro atoms. The minimum absolute atomic E-state index is 0.102. The Morgan fingerprint density at radius 1 is 1.29 bits per heavy atom. The van der Waals surface area contributed by atoms with Crippen LogP contribution in [0.2, 0.25) is 0 Å². The normalized spacial score (nSPS) is 13.5. The smallest absolute Gasteiger partial charge is 0.303 e. The van der Waals surface area contributed by atoms with Gasteiger partial charge in [0.25, 0.3) is 6.43 Å². The number of aliphatic hydroxyl groups excluding tert-OH is 1. The fourth-order valence-electron chi connectivity index (χ4n) is 1.28. The quantitative estimate of drug-likeness (QED) is 0.620. The van der Waals surface area contributed by atoms with Crippen LogP contribution in [-0.2, 0) is 9.59 Å².